The minimum atomic E-state index is 0.0389. The zero-order valence-electron chi connectivity index (χ0n) is 15.0. The summed E-state index contributed by atoms with van der Waals surface area (Å²) in [5, 5.41) is 7.99. The summed E-state index contributed by atoms with van der Waals surface area (Å²) in [4.78, 5) is 8.91. The van der Waals surface area contributed by atoms with E-state index in [0.717, 1.165) is 17.1 Å². The zero-order valence-corrected chi connectivity index (χ0v) is 15.0. The van der Waals surface area contributed by atoms with Crippen LogP contribution in [0.15, 0.2) is 42.7 Å². The van der Waals surface area contributed by atoms with E-state index in [-0.39, 0.29) is 17.6 Å². The fraction of sp³-hybridized carbons (Fsp3) is 0.421. The lowest BCUT2D eigenvalue weighted by Gasteiger charge is -2.56. The van der Waals surface area contributed by atoms with Gasteiger partial charge in [-0.25, -0.2) is 4.98 Å². The molecule has 4 rings (SSSR count). The average molecular weight is 337 g/mol. The molecule has 0 unspecified atom stereocenters. The van der Waals surface area contributed by atoms with E-state index in [1.807, 2.05) is 24.3 Å². The normalized spacial score (nSPS) is 24.9. The Labute approximate surface area is 147 Å². The van der Waals surface area contributed by atoms with Gasteiger partial charge in [0.2, 0.25) is 0 Å². The number of nitrogens with zero attached hydrogens (tertiary/aromatic N) is 4. The molecule has 3 aromatic rings. The number of nitrogens with one attached hydrogen (secondary N) is 1. The minimum Gasteiger partial charge on any atom is -0.380 e. The maximum atomic E-state index is 5.66. The largest absolute Gasteiger partial charge is 0.380 e. The molecule has 25 heavy (non-hydrogen) atoms. The van der Waals surface area contributed by atoms with Gasteiger partial charge >= 0.3 is 0 Å². The molecule has 1 aliphatic carbocycles. The van der Waals surface area contributed by atoms with E-state index in [4.69, 9.17) is 4.74 Å². The van der Waals surface area contributed by atoms with Gasteiger partial charge in [-0.2, -0.15) is 14.6 Å². The number of rotatable bonds is 4. The van der Waals surface area contributed by atoms with Crippen molar-refractivity contribution in [2.45, 2.75) is 32.9 Å². The van der Waals surface area contributed by atoms with Gasteiger partial charge in [0.05, 0.1) is 11.8 Å². The lowest BCUT2D eigenvalue weighted by molar-refractivity contribution is -0.126. The molecular formula is C19H23N5O. The van der Waals surface area contributed by atoms with E-state index >= 15 is 0 Å². The lowest BCUT2D eigenvalue weighted by Crippen LogP contribution is -2.64. The predicted octanol–water partition coefficient (Wildman–Crippen LogP) is 3.26. The zero-order chi connectivity index (χ0) is 17.6. The van der Waals surface area contributed by atoms with E-state index < -0.39 is 0 Å². The third kappa shape index (κ3) is 2.48. The lowest BCUT2D eigenvalue weighted by atomic mass is 9.58. The summed E-state index contributed by atoms with van der Waals surface area (Å²) in [6.07, 6.45) is 1.78. The van der Waals surface area contributed by atoms with E-state index in [2.05, 4.69) is 53.3 Å². The molecule has 0 radical (unpaired) electrons. The van der Waals surface area contributed by atoms with Crippen LogP contribution in [0.25, 0.3) is 17.0 Å². The van der Waals surface area contributed by atoms with Crippen molar-refractivity contribution in [1.82, 2.24) is 19.6 Å². The fourth-order valence-electron chi connectivity index (χ4n) is 4.26. The van der Waals surface area contributed by atoms with Crippen molar-refractivity contribution >= 4 is 11.6 Å². The van der Waals surface area contributed by atoms with Crippen molar-refractivity contribution in [2.24, 2.45) is 11.3 Å². The second kappa shape index (κ2) is 5.81. The maximum absolute atomic E-state index is 5.66. The van der Waals surface area contributed by atoms with Crippen LogP contribution in [0.1, 0.15) is 20.8 Å². The number of hydrogen-bond acceptors (Lipinski definition) is 5. The van der Waals surface area contributed by atoms with Gasteiger partial charge in [-0.05, 0) is 0 Å². The van der Waals surface area contributed by atoms with Crippen LogP contribution >= 0.6 is 0 Å². The van der Waals surface area contributed by atoms with Crippen LogP contribution in [-0.2, 0) is 4.74 Å². The van der Waals surface area contributed by atoms with Crippen LogP contribution in [0.3, 0.4) is 0 Å². The van der Waals surface area contributed by atoms with Crippen molar-refractivity contribution in [3.8, 4) is 11.3 Å². The number of aromatic nitrogens is 4. The number of ether oxygens (including phenoxy) is 1. The first-order valence-corrected chi connectivity index (χ1v) is 8.58. The molecule has 3 atom stereocenters. The summed E-state index contributed by atoms with van der Waals surface area (Å²) in [6.45, 7) is 6.68. The third-order valence-corrected chi connectivity index (χ3v) is 5.42. The van der Waals surface area contributed by atoms with Gasteiger partial charge in [-0.15, -0.1) is 0 Å². The van der Waals surface area contributed by atoms with E-state index in [9.17, 15) is 0 Å². The summed E-state index contributed by atoms with van der Waals surface area (Å²) < 4.78 is 7.42. The topological polar surface area (TPSA) is 64.3 Å². The first-order valence-electron chi connectivity index (χ1n) is 8.58. The average Bonchev–Trinajstić information content (AvgIpc) is 3.09. The molecule has 0 spiro atoms. The van der Waals surface area contributed by atoms with Gasteiger partial charge in [-0.3, -0.25) is 0 Å². The first kappa shape index (κ1) is 16.0. The Morgan fingerprint density at radius 1 is 1.20 bits per heavy atom. The third-order valence-electron chi connectivity index (χ3n) is 5.42. The number of methoxy groups -OCH3 is 1. The smallest absolute Gasteiger partial charge is 0.254 e. The molecule has 2 heterocycles. The molecule has 6 heteroatoms. The first-order chi connectivity index (χ1) is 12.0. The molecular weight excluding hydrogens is 314 g/mol. The molecule has 1 saturated carbocycles. The van der Waals surface area contributed by atoms with Crippen LogP contribution < -0.4 is 5.32 Å². The molecule has 0 aliphatic heterocycles. The Balaban J connectivity index is 1.73. The molecule has 0 saturated heterocycles. The molecule has 0 bridgehead atoms. The molecule has 1 aliphatic rings. The number of hydrogen-bond donors (Lipinski definition) is 1. The van der Waals surface area contributed by atoms with Gasteiger partial charge in [0, 0.05) is 36.1 Å². The second-order valence-electron chi connectivity index (χ2n) is 7.32. The number of benzene rings is 1. The van der Waals surface area contributed by atoms with Crippen LogP contribution in [-0.4, -0.2) is 38.8 Å². The van der Waals surface area contributed by atoms with E-state index in [1.54, 1.807) is 11.6 Å². The highest BCUT2D eigenvalue weighted by Gasteiger charge is 2.54. The SMILES string of the molecule is CO[C@@H]1[C@@H](C)[C@H](Nc2cc(-c3ccccc3)nc3ncnn23)C1(C)C. The minimum absolute atomic E-state index is 0.0389. The van der Waals surface area contributed by atoms with Crippen molar-refractivity contribution in [3.63, 3.8) is 0 Å². The highest BCUT2D eigenvalue weighted by molar-refractivity contribution is 5.65. The Hall–Kier alpha value is -2.47. The summed E-state index contributed by atoms with van der Waals surface area (Å²) in [7, 11) is 1.79. The number of fused-ring (bicyclic) bond motifs is 1. The molecule has 6 nitrogen and oxygen atoms in total. The Morgan fingerprint density at radius 3 is 2.64 bits per heavy atom. The quantitative estimate of drug-likeness (QED) is 0.791. The van der Waals surface area contributed by atoms with Crippen molar-refractivity contribution in [2.75, 3.05) is 12.4 Å². The summed E-state index contributed by atoms with van der Waals surface area (Å²) >= 11 is 0. The van der Waals surface area contributed by atoms with Gasteiger partial charge in [0.15, 0.2) is 0 Å². The van der Waals surface area contributed by atoms with Gasteiger partial charge < -0.3 is 10.1 Å². The molecule has 2 aromatic heterocycles. The highest BCUT2D eigenvalue weighted by Crippen LogP contribution is 2.48. The Bertz CT molecular complexity index is 889. The van der Waals surface area contributed by atoms with Gasteiger partial charge in [0.1, 0.15) is 12.1 Å². The standard InChI is InChI=1S/C19H23N5O/c1-12-16(19(2,3)17(12)25-4)23-15-10-14(13-8-6-5-7-9-13)22-18-20-11-21-24(15)18/h5-12,16-17,23H,1-4H3/t12-,16-,17+/m0/s1. The predicted molar refractivity (Wildman–Crippen MR) is 97.4 cm³/mol. The molecule has 1 aromatic carbocycles. The van der Waals surface area contributed by atoms with Crippen molar-refractivity contribution in [3.05, 3.63) is 42.7 Å². The van der Waals surface area contributed by atoms with Crippen LogP contribution in [0.2, 0.25) is 0 Å². The monoisotopic (exact) mass is 337 g/mol. The molecule has 0 amide bonds. The maximum Gasteiger partial charge on any atom is 0.254 e. The molecule has 130 valence electrons. The molecule has 1 N–H and O–H groups in total. The summed E-state index contributed by atoms with van der Waals surface area (Å²) in [5.74, 6) is 1.91. The molecule has 1 fully saturated rings. The van der Waals surface area contributed by atoms with Crippen LogP contribution in [0.4, 0.5) is 5.82 Å². The highest BCUT2D eigenvalue weighted by atomic mass is 16.5. The van der Waals surface area contributed by atoms with Crippen LogP contribution in [0, 0.1) is 11.3 Å². The second-order valence-corrected chi connectivity index (χ2v) is 7.32. The van der Waals surface area contributed by atoms with Gasteiger partial charge in [0.25, 0.3) is 5.78 Å². The van der Waals surface area contributed by atoms with Gasteiger partial charge in [-0.1, -0.05) is 51.1 Å². The fourth-order valence-corrected chi connectivity index (χ4v) is 4.26. The summed E-state index contributed by atoms with van der Waals surface area (Å²) in [6, 6.07) is 12.5. The number of anilines is 1. The Morgan fingerprint density at radius 2 is 1.96 bits per heavy atom. The van der Waals surface area contributed by atoms with Crippen molar-refractivity contribution in [1.29, 1.82) is 0 Å². The Kier molecular flexibility index (Phi) is 3.72. The van der Waals surface area contributed by atoms with Crippen LogP contribution in [0.5, 0.6) is 0 Å². The van der Waals surface area contributed by atoms with Crippen molar-refractivity contribution < 1.29 is 4.74 Å². The van der Waals surface area contributed by atoms with E-state index in [1.165, 1.54) is 6.33 Å². The van der Waals surface area contributed by atoms with E-state index in [0.29, 0.717) is 11.7 Å². The summed E-state index contributed by atoms with van der Waals surface area (Å²) in [5.41, 5.74) is 1.99.